The van der Waals surface area contributed by atoms with E-state index in [-0.39, 0.29) is 11.4 Å². The number of ether oxygens (including phenoxy) is 1. The molecule has 9 nitrogen and oxygen atoms in total. The topological polar surface area (TPSA) is 126 Å². The minimum Gasteiger partial charge on any atom is -0.457 e. The number of aryl methyl sites for hydroxylation is 2. The number of benzene rings is 3. The Morgan fingerprint density at radius 3 is 2.49 bits per heavy atom. The van der Waals surface area contributed by atoms with Crippen molar-refractivity contribution >= 4 is 46.2 Å². The first-order chi connectivity index (χ1) is 20.5. The molecule has 2 radical (unpaired) electrons. The van der Waals surface area contributed by atoms with Crippen molar-refractivity contribution < 1.29 is 22.7 Å². The number of hydrogen-bond donors (Lipinski definition) is 2. The van der Waals surface area contributed by atoms with E-state index in [0.717, 1.165) is 44.1 Å². The molecule has 3 aromatic carbocycles. The Hall–Kier alpha value is -4.09. The first-order valence-corrected chi connectivity index (χ1v) is 15.8. The Morgan fingerprint density at radius 2 is 1.77 bits per heavy atom. The number of fused-ring (bicyclic) bond motifs is 1. The highest BCUT2D eigenvalue weighted by Gasteiger charge is 2.53. The summed E-state index contributed by atoms with van der Waals surface area (Å²) >= 11 is 0. The number of sulfonamides is 1. The summed E-state index contributed by atoms with van der Waals surface area (Å²) in [5.74, 6) is -0.198. The average molecular weight is 599 g/mol. The van der Waals surface area contributed by atoms with Crippen LogP contribution in [-0.4, -0.2) is 61.5 Å². The third-order valence-electron chi connectivity index (χ3n) is 8.04. The number of nitrogens with one attached hydrogen (secondary N) is 1. The lowest BCUT2D eigenvalue weighted by Crippen LogP contribution is -2.43. The van der Waals surface area contributed by atoms with Gasteiger partial charge in [-0.1, -0.05) is 48.6 Å². The summed E-state index contributed by atoms with van der Waals surface area (Å²) in [5, 5.41) is 0.864. The number of carbonyl (C=O) groups excluding carboxylic acids is 2. The maximum atomic E-state index is 14.2. The monoisotopic (exact) mass is 598 g/mol. The molecule has 1 saturated heterocycles. The van der Waals surface area contributed by atoms with Crippen molar-refractivity contribution in [3.8, 4) is 11.5 Å². The van der Waals surface area contributed by atoms with Gasteiger partial charge >= 0.3 is 6.03 Å². The predicted octanol–water partition coefficient (Wildman–Crippen LogP) is 4.63. The number of aromatic nitrogens is 1. The largest absolute Gasteiger partial charge is 0.457 e. The quantitative estimate of drug-likeness (QED) is 0.147. The predicted molar refractivity (Wildman–Crippen MR) is 167 cm³/mol. The Labute approximate surface area is 253 Å². The van der Waals surface area contributed by atoms with Crippen LogP contribution in [0.25, 0.3) is 10.9 Å². The zero-order valence-corrected chi connectivity index (χ0v) is 25.4. The van der Waals surface area contributed by atoms with Crippen LogP contribution in [0.2, 0.25) is 0 Å². The van der Waals surface area contributed by atoms with E-state index in [1.807, 2.05) is 37.3 Å². The van der Waals surface area contributed by atoms with Crippen LogP contribution in [0.1, 0.15) is 48.8 Å². The molecule has 222 valence electrons. The summed E-state index contributed by atoms with van der Waals surface area (Å²) in [4.78, 5) is 31.8. The number of para-hydroxylation sites is 1. The molecule has 3 amide bonds. The van der Waals surface area contributed by atoms with E-state index < -0.39 is 33.9 Å². The number of hydrogen-bond acceptors (Lipinski definition) is 6. The molecular weight excluding hydrogens is 563 g/mol. The molecule has 3 N–H and O–H groups in total. The molecule has 5 rings (SSSR count). The van der Waals surface area contributed by atoms with Crippen molar-refractivity contribution in [1.29, 1.82) is 0 Å². The van der Waals surface area contributed by atoms with Gasteiger partial charge in [-0.05, 0) is 80.8 Å². The summed E-state index contributed by atoms with van der Waals surface area (Å²) in [6, 6.07) is 15.2. The molecule has 2 unspecified atom stereocenters. The van der Waals surface area contributed by atoms with E-state index in [2.05, 4.69) is 4.98 Å². The summed E-state index contributed by atoms with van der Waals surface area (Å²) in [5.41, 5.74) is 9.25. The van der Waals surface area contributed by atoms with Crippen LogP contribution in [0.4, 0.5) is 4.79 Å². The Morgan fingerprint density at radius 1 is 1.00 bits per heavy atom. The molecular formula is C32H35BN4O5S. The van der Waals surface area contributed by atoms with Crippen LogP contribution in [0, 0.1) is 13.8 Å². The standard InChI is InChI=1S/C32H35BN4O5S/c1-20-11-12-23(18-27(20)33)42-29-14-13-24(17-21(29)2)43(40,41)37-30(31(38)36(32(37)39)16-8-4-7-15-34)22(3)26-19-35-28-10-6-5-9-25(26)28/h5-6,9-14,17-19,22,30,35H,4,7-8,15-16,34H2,1-3H3. The first-order valence-electron chi connectivity index (χ1n) is 14.3. The number of amides is 3. The van der Waals surface area contributed by atoms with E-state index in [0.29, 0.717) is 35.5 Å². The van der Waals surface area contributed by atoms with Crippen molar-refractivity contribution in [3.05, 3.63) is 83.6 Å². The number of imide groups is 1. The minimum absolute atomic E-state index is 0.108. The smallest absolute Gasteiger partial charge is 0.341 e. The Kier molecular flexibility index (Phi) is 8.66. The van der Waals surface area contributed by atoms with E-state index in [4.69, 9.17) is 18.3 Å². The molecule has 4 aromatic rings. The molecule has 1 aromatic heterocycles. The van der Waals surface area contributed by atoms with Gasteiger partial charge in [0.1, 0.15) is 25.4 Å². The molecule has 0 aliphatic carbocycles. The van der Waals surface area contributed by atoms with Crippen LogP contribution in [0.15, 0.2) is 71.8 Å². The highest BCUT2D eigenvalue weighted by Crippen LogP contribution is 2.38. The zero-order chi connectivity index (χ0) is 30.9. The highest BCUT2D eigenvalue weighted by atomic mass is 32.2. The van der Waals surface area contributed by atoms with Crippen LogP contribution in [-0.2, 0) is 14.8 Å². The van der Waals surface area contributed by atoms with Crippen LogP contribution >= 0.6 is 0 Å². The van der Waals surface area contributed by atoms with Crippen LogP contribution in [0.3, 0.4) is 0 Å². The van der Waals surface area contributed by atoms with Gasteiger partial charge in [-0.15, -0.1) is 0 Å². The lowest BCUT2D eigenvalue weighted by molar-refractivity contribution is -0.128. The molecule has 0 saturated carbocycles. The number of aromatic amines is 1. The van der Waals surface area contributed by atoms with Crippen molar-refractivity contribution in [2.75, 3.05) is 13.1 Å². The summed E-state index contributed by atoms with van der Waals surface area (Å²) < 4.78 is 35.2. The number of unbranched alkanes of at least 4 members (excludes halogenated alkanes) is 2. The van der Waals surface area contributed by atoms with Gasteiger partial charge in [0.15, 0.2) is 0 Å². The van der Waals surface area contributed by atoms with Gasteiger partial charge in [0, 0.05) is 29.6 Å². The Bertz CT molecular complexity index is 1790. The maximum Gasteiger partial charge on any atom is 0.341 e. The first kappa shape index (κ1) is 30.4. The molecule has 2 heterocycles. The van der Waals surface area contributed by atoms with Crippen LogP contribution in [0.5, 0.6) is 11.5 Å². The summed E-state index contributed by atoms with van der Waals surface area (Å²) in [6.07, 6.45) is 3.77. The third-order valence-corrected chi connectivity index (χ3v) is 9.79. The van der Waals surface area contributed by atoms with Crippen molar-refractivity contribution in [2.24, 2.45) is 5.73 Å². The molecule has 43 heavy (non-hydrogen) atoms. The third kappa shape index (κ3) is 5.79. The molecule has 1 fully saturated rings. The van der Waals surface area contributed by atoms with Gasteiger partial charge in [-0.2, -0.15) is 0 Å². The summed E-state index contributed by atoms with van der Waals surface area (Å²) in [7, 11) is 1.58. The number of carbonyl (C=O) groups is 2. The fourth-order valence-electron chi connectivity index (χ4n) is 5.52. The summed E-state index contributed by atoms with van der Waals surface area (Å²) in [6.45, 7) is 6.01. The van der Waals surface area contributed by atoms with Crippen LogP contribution < -0.4 is 15.9 Å². The average Bonchev–Trinajstić information content (AvgIpc) is 3.52. The second kappa shape index (κ2) is 12.3. The Balaban J connectivity index is 1.50. The second-order valence-corrected chi connectivity index (χ2v) is 12.8. The maximum absolute atomic E-state index is 14.2. The van der Waals surface area contributed by atoms with Gasteiger partial charge < -0.3 is 15.5 Å². The van der Waals surface area contributed by atoms with Gasteiger partial charge in [0.25, 0.3) is 15.9 Å². The van der Waals surface area contributed by atoms with Crippen molar-refractivity contribution in [3.63, 3.8) is 0 Å². The molecule has 0 bridgehead atoms. The second-order valence-electron chi connectivity index (χ2n) is 11.0. The minimum atomic E-state index is -4.44. The number of nitrogens with two attached hydrogens (primary N) is 1. The van der Waals surface area contributed by atoms with Gasteiger partial charge in [0.2, 0.25) is 0 Å². The van der Waals surface area contributed by atoms with Gasteiger partial charge in [0.05, 0.1) is 4.90 Å². The molecule has 0 spiro atoms. The lowest BCUT2D eigenvalue weighted by atomic mass is 9.91. The SMILES string of the molecule is [B]c1cc(Oc2ccc(S(=O)(=O)N3C(=O)N(CCCCCN)C(=O)C3C(C)c3c[nH]c4ccccc34)cc2C)ccc1C. The van der Waals surface area contributed by atoms with E-state index in [9.17, 15) is 18.0 Å². The molecule has 1 aliphatic rings. The highest BCUT2D eigenvalue weighted by molar-refractivity contribution is 7.89. The fourth-order valence-corrected chi connectivity index (χ4v) is 7.19. The van der Waals surface area contributed by atoms with Gasteiger partial charge in [-0.25, -0.2) is 17.5 Å². The van der Waals surface area contributed by atoms with Gasteiger partial charge in [-0.3, -0.25) is 9.69 Å². The number of rotatable bonds is 11. The number of urea groups is 1. The molecule has 2 atom stereocenters. The number of nitrogens with zero attached hydrogens (tertiary/aromatic N) is 2. The normalized spacial score (nSPS) is 16.3. The zero-order valence-electron chi connectivity index (χ0n) is 24.5. The molecule has 11 heteroatoms. The van der Waals surface area contributed by atoms with Crippen molar-refractivity contribution in [2.45, 2.75) is 56.9 Å². The molecule has 1 aliphatic heterocycles. The van der Waals surface area contributed by atoms with Crippen molar-refractivity contribution in [1.82, 2.24) is 14.2 Å². The fraction of sp³-hybridized carbons (Fsp3) is 0.312. The van der Waals surface area contributed by atoms with E-state index >= 15 is 0 Å². The number of H-pyrrole nitrogens is 1. The van der Waals surface area contributed by atoms with E-state index in [1.165, 1.54) is 12.1 Å². The lowest BCUT2D eigenvalue weighted by Gasteiger charge is -2.26. The van der Waals surface area contributed by atoms with E-state index in [1.54, 1.807) is 38.2 Å².